The number of terminal acetylenes is 1. The van der Waals surface area contributed by atoms with Gasteiger partial charge in [0.05, 0.1) is 24.4 Å². The summed E-state index contributed by atoms with van der Waals surface area (Å²) < 4.78 is 12.4. The molecule has 0 amide bonds. The standard InChI is InChI=1S/C16H16N2O3/c1-3-11-8-12(16(19)20-2)13-10-17-18(14(13)9-11)15-6-4-5-7-21-15/h1,8-10,15H,4-7H2,2H3. The monoisotopic (exact) mass is 284 g/mol. The van der Waals surface area contributed by atoms with Crippen molar-refractivity contribution in [2.45, 2.75) is 25.5 Å². The average molecular weight is 284 g/mol. The van der Waals surface area contributed by atoms with E-state index < -0.39 is 5.97 Å². The third-order valence-corrected chi connectivity index (χ3v) is 3.72. The summed E-state index contributed by atoms with van der Waals surface area (Å²) in [6.07, 6.45) is 10.1. The van der Waals surface area contributed by atoms with Crippen LogP contribution in [0.3, 0.4) is 0 Å². The van der Waals surface area contributed by atoms with Crippen molar-refractivity contribution in [1.29, 1.82) is 0 Å². The predicted octanol–water partition coefficient (Wildman–Crippen LogP) is 2.50. The maximum absolute atomic E-state index is 11.9. The normalized spacial score (nSPS) is 18.4. The van der Waals surface area contributed by atoms with Crippen LogP contribution in [-0.4, -0.2) is 29.5 Å². The van der Waals surface area contributed by atoms with Gasteiger partial charge in [0.2, 0.25) is 0 Å². The van der Waals surface area contributed by atoms with E-state index in [9.17, 15) is 4.79 Å². The smallest absolute Gasteiger partial charge is 0.338 e. The number of rotatable bonds is 2. The minimum atomic E-state index is -0.416. The van der Waals surface area contributed by atoms with Gasteiger partial charge >= 0.3 is 5.97 Å². The number of fused-ring (bicyclic) bond motifs is 1. The molecule has 5 heteroatoms. The lowest BCUT2D eigenvalue weighted by Gasteiger charge is -2.23. The number of hydrogen-bond acceptors (Lipinski definition) is 4. The van der Waals surface area contributed by atoms with E-state index >= 15 is 0 Å². The van der Waals surface area contributed by atoms with Gasteiger partial charge in [-0.2, -0.15) is 5.10 Å². The van der Waals surface area contributed by atoms with Crippen molar-refractivity contribution in [1.82, 2.24) is 9.78 Å². The van der Waals surface area contributed by atoms with Crippen LogP contribution in [0.4, 0.5) is 0 Å². The minimum Gasteiger partial charge on any atom is -0.465 e. The van der Waals surface area contributed by atoms with Gasteiger partial charge in [0.15, 0.2) is 6.23 Å². The largest absolute Gasteiger partial charge is 0.465 e. The summed E-state index contributed by atoms with van der Waals surface area (Å²) in [7, 11) is 1.35. The molecule has 0 aliphatic carbocycles. The minimum absolute atomic E-state index is 0.102. The third kappa shape index (κ3) is 2.39. The number of hydrogen-bond donors (Lipinski definition) is 0. The Morgan fingerprint density at radius 2 is 2.38 bits per heavy atom. The molecule has 1 aromatic heterocycles. The van der Waals surface area contributed by atoms with E-state index in [0.717, 1.165) is 36.8 Å². The predicted molar refractivity (Wildman–Crippen MR) is 77.8 cm³/mol. The highest BCUT2D eigenvalue weighted by Crippen LogP contribution is 2.28. The van der Waals surface area contributed by atoms with E-state index in [1.807, 2.05) is 10.7 Å². The van der Waals surface area contributed by atoms with Crippen LogP contribution in [0, 0.1) is 12.3 Å². The molecule has 108 valence electrons. The van der Waals surface area contributed by atoms with E-state index in [4.69, 9.17) is 15.9 Å². The molecule has 0 spiro atoms. The molecule has 21 heavy (non-hydrogen) atoms. The fraction of sp³-hybridized carbons (Fsp3) is 0.375. The maximum atomic E-state index is 11.9. The molecular weight excluding hydrogens is 268 g/mol. The van der Waals surface area contributed by atoms with Crippen molar-refractivity contribution in [2.24, 2.45) is 0 Å². The number of ether oxygens (including phenoxy) is 2. The van der Waals surface area contributed by atoms with Crippen LogP contribution >= 0.6 is 0 Å². The van der Waals surface area contributed by atoms with Gasteiger partial charge in [-0.25, -0.2) is 9.48 Å². The summed E-state index contributed by atoms with van der Waals surface area (Å²) in [6.45, 7) is 0.727. The van der Waals surface area contributed by atoms with Crippen LogP contribution in [0.25, 0.3) is 10.9 Å². The molecule has 2 aromatic rings. The van der Waals surface area contributed by atoms with Crippen LogP contribution in [-0.2, 0) is 9.47 Å². The van der Waals surface area contributed by atoms with Crippen molar-refractivity contribution < 1.29 is 14.3 Å². The summed E-state index contributed by atoms with van der Waals surface area (Å²) in [5, 5.41) is 5.12. The lowest BCUT2D eigenvalue weighted by atomic mass is 10.1. The molecule has 1 aliphatic heterocycles. The summed E-state index contributed by atoms with van der Waals surface area (Å²) in [5.41, 5.74) is 1.86. The molecule has 1 fully saturated rings. The first kappa shape index (κ1) is 13.7. The second-order valence-electron chi connectivity index (χ2n) is 5.00. The number of methoxy groups -OCH3 is 1. The molecule has 1 aliphatic rings. The third-order valence-electron chi connectivity index (χ3n) is 3.72. The highest BCUT2D eigenvalue weighted by atomic mass is 16.5. The molecule has 3 rings (SSSR count). The highest BCUT2D eigenvalue weighted by Gasteiger charge is 2.21. The molecule has 1 atom stereocenters. The van der Waals surface area contributed by atoms with E-state index in [1.54, 1.807) is 12.3 Å². The number of esters is 1. The van der Waals surface area contributed by atoms with Crippen molar-refractivity contribution in [2.75, 3.05) is 13.7 Å². The highest BCUT2D eigenvalue weighted by molar-refractivity contribution is 6.04. The Balaban J connectivity index is 2.16. The fourth-order valence-corrected chi connectivity index (χ4v) is 2.65. The van der Waals surface area contributed by atoms with Crippen LogP contribution in [0.15, 0.2) is 18.3 Å². The molecule has 1 saturated heterocycles. The van der Waals surface area contributed by atoms with Crippen LogP contribution in [0.1, 0.15) is 41.4 Å². The van der Waals surface area contributed by atoms with Crippen molar-refractivity contribution >= 4 is 16.9 Å². The summed E-state index contributed by atoms with van der Waals surface area (Å²) in [6, 6.07) is 3.51. The molecule has 5 nitrogen and oxygen atoms in total. The first-order chi connectivity index (χ1) is 10.2. The Bertz CT molecular complexity index is 721. The Morgan fingerprint density at radius 3 is 3.05 bits per heavy atom. The Labute approximate surface area is 122 Å². The molecular formula is C16H16N2O3. The van der Waals surface area contributed by atoms with Crippen LogP contribution in [0.5, 0.6) is 0 Å². The molecule has 0 saturated carbocycles. The second-order valence-corrected chi connectivity index (χ2v) is 5.00. The number of aromatic nitrogens is 2. The van der Waals surface area contributed by atoms with Crippen LogP contribution < -0.4 is 0 Å². The molecule has 0 radical (unpaired) electrons. The molecule has 1 unspecified atom stereocenters. The molecule has 2 heterocycles. The van der Waals surface area contributed by atoms with Gasteiger partial charge in [-0.05, 0) is 31.4 Å². The van der Waals surface area contributed by atoms with E-state index in [-0.39, 0.29) is 6.23 Å². The number of benzene rings is 1. The lowest BCUT2D eigenvalue weighted by Crippen LogP contribution is -2.19. The zero-order chi connectivity index (χ0) is 14.8. The first-order valence-electron chi connectivity index (χ1n) is 6.92. The number of nitrogens with zero attached hydrogens (tertiary/aromatic N) is 2. The SMILES string of the molecule is C#Cc1cc(C(=O)OC)c2cnn(C3CCCCO3)c2c1. The number of carbonyl (C=O) groups is 1. The second kappa shape index (κ2) is 5.58. The van der Waals surface area contributed by atoms with Gasteiger partial charge in [-0.15, -0.1) is 6.42 Å². The molecule has 0 N–H and O–H groups in total. The summed E-state index contributed by atoms with van der Waals surface area (Å²) in [4.78, 5) is 11.9. The zero-order valence-electron chi connectivity index (χ0n) is 11.8. The Hall–Kier alpha value is -2.32. The van der Waals surface area contributed by atoms with Crippen LogP contribution in [0.2, 0.25) is 0 Å². The van der Waals surface area contributed by atoms with E-state index in [0.29, 0.717) is 11.1 Å². The Kier molecular flexibility index (Phi) is 3.63. The van der Waals surface area contributed by atoms with E-state index in [2.05, 4.69) is 11.0 Å². The van der Waals surface area contributed by atoms with Crippen molar-refractivity contribution in [3.8, 4) is 12.3 Å². The molecule has 1 aromatic carbocycles. The average Bonchev–Trinajstić information content (AvgIpc) is 2.97. The quantitative estimate of drug-likeness (QED) is 0.628. The van der Waals surface area contributed by atoms with Gasteiger partial charge in [0.1, 0.15) is 0 Å². The van der Waals surface area contributed by atoms with Gasteiger partial charge in [0.25, 0.3) is 0 Å². The zero-order valence-corrected chi connectivity index (χ0v) is 11.8. The Morgan fingerprint density at radius 1 is 1.52 bits per heavy atom. The van der Waals surface area contributed by atoms with Gasteiger partial charge in [-0.3, -0.25) is 0 Å². The number of carbonyl (C=O) groups excluding carboxylic acids is 1. The molecule has 0 bridgehead atoms. The lowest BCUT2D eigenvalue weighted by molar-refractivity contribution is -0.0366. The summed E-state index contributed by atoms with van der Waals surface area (Å²) in [5.74, 6) is 2.15. The fourth-order valence-electron chi connectivity index (χ4n) is 2.65. The maximum Gasteiger partial charge on any atom is 0.338 e. The van der Waals surface area contributed by atoms with Crippen molar-refractivity contribution in [3.63, 3.8) is 0 Å². The summed E-state index contributed by atoms with van der Waals surface area (Å²) >= 11 is 0. The van der Waals surface area contributed by atoms with Gasteiger partial charge < -0.3 is 9.47 Å². The van der Waals surface area contributed by atoms with Gasteiger partial charge in [-0.1, -0.05) is 5.92 Å². The first-order valence-corrected chi connectivity index (χ1v) is 6.92. The topological polar surface area (TPSA) is 53.3 Å². The van der Waals surface area contributed by atoms with Crippen molar-refractivity contribution in [3.05, 3.63) is 29.5 Å². The van der Waals surface area contributed by atoms with E-state index in [1.165, 1.54) is 7.11 Å². The van der Waals surface area contributed by atoms with Gasteiger partial charge in [0, 0.05) is 17.6 Å².